The van der Waals surface area contributed by atoms with Crippen LogP contribution in [-0.4, -0.2) is 74.0 Å². The van der Waals surface area contributed by atoms with Crippen LogP contribution in [-0.2, 0) is 14.8 Å². The van der Waals surface area contributed by atoms with E-state index in [0.29, 0.717) is 26.2 Å². The third-order valence-corrected chi connectivity index (χ3v) is 8.52. The molecule has 2 aliphatic rings. The first kappa shape index (κ1) is 20.6. The zero-order valence-electron chi connectivity index (χ0n) is 17.2. The van der Waals surface area contributed by atoms with Crippen LogP contribution in [0.1, 0.15) is 24.0 Å². The van der Waals surface area contributed by atoms with Crippen LogP contribution < -0.4 is 4.90 Å². The summed E-state index contributed by atoms with van der Waals surface area (Å²) in [5.41, 5.74) is 3.51. The first-order valence-corrected chi connectivity index (χ1v) is 12.8. The molecule has 158 valence electrons. The Labute approximate surface area is 176 Å². The summed E-state index contributed by atoms with van der Waals surface area (Å²) in [6.45, 7) is 7.86. The van der Waals surface area contributed by atoms with Crippen molar-refractivity contribution in [2.75, 3.05) is 50.4 Å². The lowest BCUT2D eigenvalue weighted by Gasteiger charge is -2.38. The van der Waals surface area contributed by atoms with Crippen LogP contribution in [0.5, 0.6) is 0 Å². The van der Waals surface area contributed by atoms with E-state index in [4.69, 9.17) is 4.98 Å². The van der Waals surface area contributed by atoms with Gasteiger partial charge in [-0.25, -0.2) is 17.7 Å². The van der Waals surface area contributed by atoms with Gasteiger partial charge in [-0.1, -0.05) is 23.5 Å². The van der Waals surface area contributed by atoms with Crippen molar-refractivity contribution in [2.45, 2.75) is 26.7 Å². The van der Waals surface area contributed by atoms with Gasteiger partial charge in [0.1, 0.15) is 0 Å². The number of hydrogen-bond donors (Lipinski definition) is 0. The average molecular weight is 437 g/mol. The maximum Gasteiger partial charge on any atom is 0.227 e. The van der Waals surface area contributed by atoms with Crippen molar-refractivity contribution in [3.63, 3.8) is 0 Å². The molecule has 0 saturated carbocycles. The van der Waals surface area contributed by atoms with E-state index in [9.17, 15) is 13.2 Å². The van der Waals surface area contributed by atoms with Gasteiger partial charge < -0.3 is 9.80 Å². The summed E-state index contributed by atoms with van der Waals surface area (Å²) >= 11 is 1.72. The first-order chi connectivity index (χ1) is 13.7. The minimum absolute atomic E-state index is 0.0917. The second-order valence-corrected chi connectivity index (χ2v) is 11.1. The van der Waals surface area contributed by atoms with E-state index in [1.165, 1.54) is 26.4 Å². The molecule has 7 nitrogen and oxygen atoms in total. The molecule has 2 aromatic rings. The summed E-state index contributed by atoms with van der Waals surface area (Å²) in [6, 6.07) is 4.25. The number of piperidine rings is 1. The molecule has 2 fully saturated rings. The zero-order valence-corrected chi connectivity index (χ0v) is 18.9. The zero-order chi connectivity index (χ0) is 20.8. The fraction of sp³-hybridized carbons (Fsp3) is 0.600. The number of carbonyl (C=O) groups is 1. The molecule has 2 saturated heterocycles. The molecule has 0 spiro atoms. The van der Waals surface area contributed by atoms with Gasteiger partial charge in [-0.15, -0.1) is 0 Å². The largest absolute Gasteiger partial charge is 0.345 e. The van der Waals surface area contributed by atoms with Crippen molar-refractivity contribution in [2.24, 2.45) is 5.92 Å². The standard InChI is InChI=1S/C20H28N4O3S2/c1-14-6-7-15(2)18-17(14)21-20(28-18)23-11-9-22(10-12-23)19(25)16-5-4-8-24(13-16)29(3,26)27/h6-7,16H,4-5,8-13H2,1-3H3. The van der Waals surface area contributed by atoms with E-state index in [1.54, 1.807) is 11.3 Å². The summed E-state index contributed by atoms with van der Waals surface area (Å²) in [5.74, 6) is -0.133. The number of piperazine rings is 1. The van der Waals surface area contributed by atoms with Crippen LogP contribution >= 0.6 is 11.3 Å². The van der Waals surface area contributed by atoms with Gasteiger partial charge in [-0.2, -0.15) is 0 Å². The Hall–Kier alpha value is -1.71. The Morgan fingerprint density at radius 2 is 1.79 bits per heavy atom. The molecule has 29 heavy (non-hydrogen) atoms. The quantitative estimate of drug-likeness (QED) is 0.738. The smallest absolute Gasteiger partial charge is 0.227 e. The van der Waals surface area contributed by atoms with Crippen molar-refractivity contribution in [1.82, 2.24) is 14.2 Å². The van der Waals surface area contributed by atoms with Crippen molar-refractivity contribution < 1.29 is 13.2 Å². The highest BCUT2D eigenvalue weighted by Crippen LogP contribution is 2.33. The highest BCUT2D eigenvalue weighted by Gasteiger charge is 2.34. The Kier molecular flexibility index (Phi) is 5.56. The molecule has 0 aliphatic carbocycles. The predicted octanol–water partition coefficient (Wildman–Crippen LogP) is 2.23. The van der Waals surface area contributed by atoms with Crippen molar-refractivity contribution >= 4 is 42.6 Å². The van der Waals surface area contributed by atoms with Crippen molar-refractivity contribution in [1.29, 1.82) is 0 Å². The molecule has 1 unspecified atom stereocenters. The van der Waals surface area contributed by atoms with Crippen LogP contribution in [0.3, 0.4) is 0 Å². The Balaban J connectivity index is 1.41. The van der Waals surface area contributed by atoms with Crippen molar-refractivity contribution in [3.8, 4) is 0 Å². The van der Waals surface area contributed by atoms with Gasteiger partial charge in [0.2, 0.25) is 15.9 Å². The minimum Gasteiger partial charge on any atom is -0.345 e. The molecule has 0 N–H and O–H groups in total. The van der Waals surface area contributed by atoms with Crippen LogP contribution in [0.15, 0.2) is 12.1 Å². The highest BCUT2D eigenvalue weighted by atomic mass is 32.2. The molecule has 4 rings (SSSR count). The monoisotopic (exact) mass is 436 g/mol. The number of nitrogens with zero attached hydrogens (tertiary/aromatic N) is 4. The average Bonchev–Trinajstić information content (AvgIpc) is 3.17. The lowest BCUT2D eigenvalue weighted by Crippen LogP contribution is -2.53. The molecular weight excluding hydrogens is 408 g/mol. The number of rotatable bonds is 3. The van der Waals surface area contributed by atoms with Gasteiger partial charge in [0, 0.05) is 39.3 Å². The van der Waals surface area contributed by atoms with E-state index < -0.39 is 10.0 Å². The third-order valence-electron chi connectivity index (χ3n) is 6.00. The molecule has 1 atom stereocenters. The SMILES string of the molecule is Cc1ccc(C)c2sc(N3CCN(C(=O)C4CCCN(S(C)(=O)=O)C4)CC3)nc12. The minimum atomic E-state index is -3.24. The Morgan fingerprint density at radius 1 is 1.10 bits per heavy atom. The number of anilines is 1. The van der Waals surface area contributed by atoms with E-state index in [1.807, 2.05) is 4.90 Å². The second kappa shape index (κ2) is 7.85. The van der Waals surface area contributed by atoms with Gasteiger partial charge in [-0.05, 0) is 37.8 Å². The molecule has 1 amide bonds. The predicted molar refractivity (Wildman–Crippen MR) is 117 cm³/mol. The maximum absolute atomic E-state index is 13.0. The fourth-order valence-electron chi connectivity index (χ4n) is 4.20. The summed E-state index contributed by atoms with van der Waals surface area (Å²) in [5, 5.41) is 1.02. The molecule has 0 bridgehead atoms. The lowest BCUT2D eigenvalue weighted by molar-refractivity contribution is -0.137. The number of carbonyl (C=O) groups excluding carboxylic acids is 1. The van der Waals surface area contributed by atoms with E-state index >= 15 is 0 Å². The van der Waals surface area contributed by atoms with Crippen LogP contribution in [0.25, 0.3) is 10.2 Å². The third kappa shape index (κ3) is 4.13. The van der Waals surface area contributed by atoms with Gasteiger partial charge in [-0.3, -0.25) is 4.79 Å². The van der Waals surface area contributed by atoms with E-state index in [-0.39, 0.29) is 11.8 Å². The number of aromatic nitrogens is 1. The molecule has 1 aromatic carbocycles. The Bertz CT molecular complexity index is 987. The molecule has 3 heterocycles. The Morgan fingerprint density at radius 3 is 2.45 bits per heavy atom. The fourth-order valence-corrected chi connectivity index (χ4v) is 6.28. The topological polar surface area (TPSA) is 73.8 Å². The summed E-state index contributed by atoms with van der Waals surface area (Å²) in [4.78, 5) is 22.0. The van der Waals surface area contributed by atoms with Gasteiger partial charge in [0.15, 0.2) is 5.13 Å². The van der Waals surface area contributed by atoms with E-state index in [2.05, 4.69) is 30.9 Å². The van der Waals surface area contributed by atoms with Gasteiger partial charge >= 0.3 is 0 Å². The molecule has 9 heteroatoms. The maximum atomic E-state index is 13.0. The van der Waals surface area contributed by atoms with Crippen LogP contribution in [0, 0.1) is 19.8 Å². The molecule has 0 radical (unpaired) electrons. The van der Waals surface area contributed by atoms with Crippen molar-refractivity contribution in [3.05, 3.63) is 23.3 Å². The van der Waals surface area contributed by atoms with Crippen LogP contribution in [0.4, 0.5) is 5.13 Å². The number of thiazole rings is 1. The molecule has 1 aromatic heterocycles. The molecular formula is C20H28N4O3S2. The number of fused-ring (bicyclic) bond motifs is 1. The number of amides is 1. The number of aryl methyl sites for hydroxylation is 2. The van der Waals surface area contributed by atoms with Gasteiger partial charge in [0.05, 0.1) is 22.4 Å². The first-order valence-electron chi connectivity index (χ1n) is 10.1. The second-order valence-electron chi connectivity index (χ2n) is 8.15. The number of sulfonamides is 1. The summed E-state index contributed by atoms with van der Waals surface area (Å²) in [7, 11) is -3.24. The van der Waals surface area contributed by atoms with E-state index in [0.717, 1.165) is 36.6 Å². The summed E-state index contributed by atoms with van der Waals surface area (Å²) in [6.07, 6.45) is 2.73. The molecule has 2 aliphatic heterocycles. The summed E-state index contributed by atoms with van der Waals surface area (Å²) < 4.78 is 26.4. The normalized spacial score (nSPS) is 21.7. The van der Waals surface area contributed by atoms with Crippen LogP contribution in [0.2, 0.25) is 0 Å². The number of hydrogen-bond acceptors (Lipinski definition) is 6. The lowest BCUT2D eigenvalue weighted by atomic mass is 9.98. The number of benzene rings is 1. The highest BCUT2D eigenvalue weighted by molar-refractivity contribution is 7.88. The van der Waals surface area contributed by atoms with Gasteiger partial charge in [0.25, 0.3) is 0 Å².